The van der Waals surface area contributed by atoms with E-state index in [-0.39, 0.29) is 17.2 Å². The van der Waals surface area contributed by atoms with Gasteiger partial charge in [-0.15, -0.1) is 0 Å². The first-order valence-electron chi connectivity index (χ1n) is 7.10. The molecule has 0 fully saturated rings. The molecular formula is C17H15ClFNO4. The fourth-order valence-electron chi connectivity index (χ4n) is 2.11. The zero-order valence-electron chi connectivity index (χ0n) is 12.5. The quantitative estimate of drug-likeness (QED) is 0.827. The van der Waals surface area contributed by atoms with Gasteiger partial charge in [0.15, 0.2) is 0 Å². The predicted octanol–water partition coefficient (Wildman–Crippen LogP) is 3.92. The number of halogens is 2. The molecule has 2 N–H and O–H groups in total. The number of carboxylic acids is 1. The van der Waals surface area contributed by atoms with E-state index in [1.165, 1.54) is 18.2 Å². The van der Waals surface area contributed by atoms with E-state index in [9.17, 15) is 14.0 Å². The monoisotopic (exact) mass is 351 g/mol. The summed E-state index contributed by atoms with van der Waals surface area (Å²) in [6.45, 7) is 0.0183. The second-order valence-electron chi connectivity index (χ2n) is 5.00. The van der Waals surface area contributed by atoms with Crippen LogP contribution in [0.3, 0.4) is 0 Å². The maximum Gasteiger partial charge on any atom is 0.407 e. The number of amides is 1. The number of carbonyl (C=O) groups is 2. The summed E-state index contributed by atoms with van der Waals surface area (Å²) in [7, 11) is 0. The van der Waals surface area contributed by atoms with Crippen molar-refractivity contribution in [3.63, 3.8) is 0 Å². The topological polar surface area (TPSA) is 75.6 Å². The number of hydrogen-bond acceptors (Lipinski definition) is 3. The second kappa shape index (κ2) is 8.31. The Morgan fingerprint density at radius 2 is 1.88 bits per heavy atom. The Morgan fingerprint density at radius 3 is 2.54 bits per heavy atom. The van der Waals surface area contributed by atoms with Crippen LogP contribution in [-0.2, 0) is 16.1 Å². The molecule has 126 valence electrons. The maximum atomic E-state index is 14.1. The van der Waals surface area contributed by atoms with E-state index >= 15 is 0 Å². The van der Waals surface area contributed by atoms with Crippen LogP contribution in [0.4, 0.5) is 9.18 Å². The molecule has 5 nitrogen and oxygen atoms in total. The van der Waals surface area contributed by atoms with Crippen LogP contribution in [0.5, 0.6) is 0 Å². The lowest BCUT2D eigenvalue weighted by molar-refractivity contribution is -0.137. The van der Waals surface area contributed by atoms with Crippen molar-refractivity contribution in [3.8, 4) is 0 Å². The van der Waals surface area contributed by atoms with Crippen molar-refractivity contribution in [3.05, 3.63) is 70.5 Å². The van der Waals surface area contributed by atoms with Crippen molar-refractivity contribution in [1.82, 2.24) is 5.32 Å². The lowest BCUT2D eigenvalue weighted by Crippen LogP contribution is -2.31. The van der Waals surface area contributed by atoms with Gasteiger partial charge in [0.2, 0.25) is 0 Å². The Balaban J connectivity index is 2.07. The fourth-order valence-corrected chi connectivity index (χ4v) is 2.29. The smallest absolute Gasteiger partial charge is 0.407 e. The van der Waals surface area contributed by atoms with Gasteiger partial charge in [-0.3, -0.25) is 4.79 Å². The number of nitrogens with one attached hydrogen (secondary N) is 1. The molecule has 0 saturated heterocycles. The Kier molecular flexibility index (Phi) is 6.14. The van der Waals surface area contributed by atoms with Crippen molar-refractivity contribution >= 4 is 23.7 Å². The van der Waals surface area contributed by atoms with Crippen molar-refractivity contribution in [1.29, 1.82) is 0 Å². The summed E-state index contributed by atoms with van der Waals surface area (Å²) < 4.78 is 19.1. The third-order valence-corrected chi connectivity index (χ3v) is 3.53. The van der Waals surface area contributed by atoms with E-state index in [1.54, 1.807) is 24.3 Å². The Bertz CT molecular complexity index is 724. The van der Waals surface area contributed by atoms with Gasteiger partial charge in [0, 0.05) is 5.56 Å². The molecule has 0 bridgehead atoms. The molecule has 0 unspecified atom stereocenters. The maximum absolute atomic E-state index is 14.1. The van der Waals surface area contributed by atoms with Crippen molar-refractivity contribution in [2.45, 2.75) is 19.1 Å². The number of benzene rings is 2. The van der Waals surface area contributed by atoms with Crippen LogP contribution in [0.1, 0.15) is 23.6 Å². The summed E-state index contributed by atoms with van der Waals surface area (Å²) in [5.74, 6) is -1.96. The lowest BCUT2D eigenvalue weighted by Gasteiger charge is -2.18. The van der Waals surface area contributed by atoms with Gasteiger partial charge < -0.3 is 15.2 Å². The van der Waals surface area contributed by atoms with Crippen molar-refractivity contribution < 1.29 is 23.8 Å². The molecule has 0 heterocycles. The van der Waals surface area contributed by atoms with Gasteiger partial charge in [-0.05, 0) is 11.6 Å². The summed E-state index contributed by atoms with van der Waals surface area (Å²) in [4.78, 5) is 22.9. The summed E-state index contributed by atoms with van der Waals surface area (Å²) >= 11 is 5.71. The number of aliphatic carboxylic acids is 1. The first-order chi connectivity index (χ1) is 11.5. The highest BCUT2D eigenvalue weighted by Crippen LogP contribution is 2.25. The van der Waals surface area contributed by atoms with Crippen LogP contribution in [0, 0.1) is 5.82 Å². The predicted molar refractivity (Wildman–Crippen MR) is 86.2 cm³/mol. The minimum absolute atomic E-state index is 0.0124. The Labute approximate surface area is 143 Å². The number of alkyl carbamates (subject to hydrolysis) is 1. The number of carbonyl (C=O) groups excluding carboxylic acids is 1. The van der Waals surface area contributed by atoms with E-state index in [0.29, 0.717) is 0 Å². The van der Waals surface area contributed by atoms with Gasteiger partial charge >= 0.3 is 12.1 Å². The van der Waals surface area contributed by atoms with Crippen LogP contribution in [0.15, 0.2) is 48.5 Å². The normalized spacial score (nSPS) is 11.6. The molecule has 0 aliphatic rings. The van der Waals surface area contributed by atoms with Gasteiger partial charge in [0.25, 0.3) is 0 Å². The molecule has 24 heavy (non-hydrogen) atoms. The largest absolute Gasteiger partial charge is 0.481 e. The molecule has 0 aliphatic carbocycles. The van der Waals surface area contributed by atoms with Crippen LogP contribution >= 0.6 is 11.6 Å². The average molecular weight is 352 g/mol. The summed E-state index contributed by atoms with van der Waals surface area (Å²) in [5, 5.41) is 11.2. The van der Waals surface area contributed by atoms with Gasteiger partial charge in [-0.2, -0.15) is 0 Å². The third kappa shape index (κ3) is 4.96. The van der Waals surface area contributed by atoms with Crippen molar-refractivity contribution in [2.24, 2.45) is 0 Å². The summed E-state index contributed by atoms with van der Waals surface area (Å²) in [6, 6.07) is 12.1. The molecule has 0 saturated carbocycles. The summed E-state index contributed by atoms with van der Waals surface area (Å²) in [5.41, 5.74) is 0.762. The Morgan fingerprint density at radius 1 is 1.17 bits per heavy atom. The highest BCUT2D eigenvalue weighted by Gasteiger charge is 2.23. The minimum Gasteiger partial charge on any atom is -0.481 e. The average Bonchev–Trinajstić information content (AvgIpc) is 2.55. The molecule has 2 aromatic rings. The zero-order chi connectivity index (χ0) is 17.5. The van der Waals surface area contributed by atoms with Gasteiger partial charge in [0.1, 0.15) is 12.4 Å². The van der Waals surface area contributed by atoms with Crippen LogP contribution < -0.4 is 5.32 Å². The lowest BCUT2D eigenvalue weighted by atomic mass is 10.0. The summed E-state index contributed by atoms with van der Waals surface area (Å²) in [6.07, 6.45) is -1.35. The van der Waals surface area contributed by atoms with Gasteiger partial charge in [-0.25, -0.2) is 9.18 Å². The number of ether oxygens (including phenoxy) is 1. The third-order valence-electron chi connectivity index (χ3n) is 3.24. The van der Waals surface area contributed by atoms with Gasteiger partial charge in [0.05, 0.1) is 17.5 Å². The van der Waals surface area contributed by atoms with Crippen molar-refractivity contribution in [2.75, 3.05) is 0 Å². The number of rotatable bonds is 6. The van der Waals surface area contributed by atoms with E-state index in [2.05, 4.69) is 5.32 Å². The van der Waals surface area contributed by atoms with Crippen LogP contribution in [0.25, 0.3) is 0 Å². The second-order valence-corrected chi connectivity index (χ2v) is 5.41. The standard InChI is InChI=1S/C17H15ClFNO4/c18-13-8-4-7-12(16(13)19)14(9-15(21)22)20-17(23)24-10-11-5-2-1-3-6-11/h1-8,14H,9-10H2,(H,20,23)(H,21,22)/t14-/m1/s1. The first-order valence-corrected chi connectivity index (χ1v) is 7.48. The van der Waals surface area contributed by atoms with Crippen LogP contribution in [0.2, 0.25) is 5.02 Å². The minimum atomic E-state index is -1.19. The molecular weight excluding hydrogens is 337 g/mol. The van der Waals surface area contributed by atoms with Gasteiger partial charge in [-0.1, -0.05) is 54.1 Å². The Hall–Kier alpha value is -2.60. The highest BCUT2D eigenvalue weighted by atomic mass is 35.5. The molecule has 1 atom stereocenters. The number of carboxylic acid groups (broad SMARTS) is 1. The SMILES string of the molecule is O=C(O)C[C@@H](NC(=O)OCc1ccccc1)c1cccc(Cl)c1F. The van der Waals surface area contributed by atoms with Crippen LogP contribution in [-0.4, -0.2) is 17.2 Å². The highest BCUT2D eigenvalue weighted by molar-refractivity contribution is 6.30. The molecule has 0 aliphatic heterocycles. The van der Waals surface area contributed by atoms with E-state index < -0.39 is 30.3 Å². The molecule has 2 rings (SSSR count). The molecule has 0 radical (unpaired) electrons. The molecule has 2 aromatic carbocycles. The molecule has 1 amide bonds. The van der Waals surface area contributed by atoms with E-state index in [1.807, 2.05) is 6.07 Å². The zero-order valence-corrected chi connectivity index (χ0v) is 13.3. The number of hydrogen-bond donors (Lipinski definition) is 2. The molecule has 7 heteroatoms. The van der Waals surface area contributed by atoms with E-state index in [0.717, 1.165) is 5.56 Å². The molecule has 0 spiro atoms. The fraction of sp³-hybridized carbons (Fsp3) is 0.176. The first kappa shape index (κ1) is 17.7. The van der Waals surface area contributed by atoms with E-state index in [4.69, 9.17) is 21.4 Å². The molecule has 0 aromatic heterocycles.